The minimum atomic E-state index is -1.32. The Balaban J connectivity index is 3.67. The Morgan fingerprint density at radius 3 is 2.11 bits per heavy atom. The lowest BCUT2D eigenvalue weighted by atomic mass is 9.91. The van der Waals surface area contributed by atoms with E-state index in [1.54, 1.807) is 41.5 Å². The monoisotopic (exact) mass is 518 g/mol. The summed E-state index contributed by atoms with van der Waals surface area (Å²) in [5.41, 5.74) is 6.21. The standard InChI is InChI=1S/C28H46N4O5/c1-11-12-19(4)30-24(34)23(20-15-17(2)13-14-18(20)3)32(27(5,6)7)25(35)21(16-22(29)33)31-26(36)37-28(8,9)10/h13-15,19,21,23H,11-12,16H2,1-10H3,(H2,29,33)(H,30,34)(H,31,36). The van der Waals surface area contributed by atoms with Crippen molar-refractivity contribution in [2.45, 2.75) is 118 Å². The topological polar surface area (TPSA) is 131 Å². The van der Waals surface area contributed by atoms with E-state index in [-0.39, 0.29) is 11.9 Å². The third kappa shape index (κ3) is 10.1. The van der Waals surface area contributed by atoms with Crippen LogP contribution in [0.2, 0.25) is 0 Å². The lowest BCUT2D eigenvalue weighted by Crippen LogP contribution is -2.59. The molecular weight excluding hydrogens is 472 g/mol. The van der Waals surface area contributed by atoms with Crippen LogP contribution >= 0.6 is 0 Å². The molecule has 3 unspecified atom stereocenters. The molecule has 0 aliphatic carbocycles. The van der Waals surface area contributed by atoms with E-state index in [1.807, 2.05) is 45.9 Å². The number of rotatable bonds is 10. The summed E-state index contributed by atoms with van der Waals surface area (Å²) in [6.45, 7) is 18.3. The molecule has 0 aromatic heterocycles. The fourth-order valence-electron chi connectivity index (χ4n) is 4.14. The van der Waals surface area contributed by atoms with Crippen molar-refractivity contribution in [2.75, 3.05) is 0 Å². The highest BCUT2D eigenvalue weighted by molar-refractivity contribution is 5.95. The van der Waals surface area contributed by atoms with Crippen molar-refractivity contribution in [3.63, 3.8) is 0 Å². The van der Waals surface area contributed by atoms with Crippen LogP contribution in [-0.4, -0.2) is 51.9 Å². The molecule has 0 aliphatic heterocycles. The maximum Gasteiger partial charge on any atom is 0.408 e. The molecule has 1 rings (SSSR count). The molecule has 0 saturated carbocycles. The van der Waals surface area contributed by atoms with Crippen molar-refractivity contribution in [3.8, 4) is 0 Å². The lowest BCUT2D eigenvalue weighted by molar-refractivity contribution is -0.149. The average Bonchev–Trinajstić information content (AvgIpc) is 2.70. The van der Waals surface area contributed by atoms with Gasteiger partial charge in [0.1, 0.15) is 17.7 Å². The summed E-state index contributed by atoms with van der Waals surface area (Å²) < 4.78 is 5.32. The van der Waals surface area contributed by atoms with Gasteiger partial charge in [-0.3, -0.25) is 14.4 Å². The van der Waals surface area contributed by atoms with Gasteiger partial charge in [-0.2, -0.15) is 0 Å². The number of nitrogens with two attached hydrogens (primary N) is 1. The summed E-state index contributed by atoms with van der Waals surface area (Å²) in [6.07, 6.45) is 0.361. The van der Waals surface area contributed by atoms with E-state index in [0.29, 0.717) is 5.56 Å². The van der Waals surface area contributed by atoms with Crippen LogP contribution in [-0.2, 0) is 19.1 Å². The third-order valence-electron chi connectivity index (χ3n) is 5.70. The van der Waals surface area contributed by atoms with Crippen LogP contribution in [0.15, 0.2) is 18.2 Å². The Hall–Kier alpha value is -3.10. The van der Waals surface area contributed by atoms with Gasteiger partial charge in [0.25, 0.3) is 0 Å². The Labute approximate surface area is 221 Å². The van der Waals surface area contributed by atoms with Crippen LogP contribution < -0.4 is 16.4 Å². The van der Waals surface area contributed by atoms with E-state index in [1.165, 1.54) is 4.90 Å². The summed E-state index contributed by atoms with van der Waals surface area (Å²) in [7, 11) is 0. The Kier molecular flexibility index (Phi) is 11.2. The van der Waals surface area contributed by atoms with Gasteiger partial charge in [0.15, 0.2) is 0 Å². The van der Waals surface area contributed by atoms with Gasteiger partial charge in [0.2, 0.25) is 17.7 Å². The number of carbonyl (C=O) groups excluding carboxylic acids is 4. The smallest absolute Gasteiger partial charge is 0.408 e. The van der Waals surface area contributed by atoms with E-state index in [4.69, 9.17) is 10.5 Å². The van der Waals surface area contributed by atoms with Crippen LogP contribution in [0.3, 0.4) is 0 Å². The molecule has 1 aromatic carbocycles. The molecule has 0 radical (unpaired) electrons. The van der Waals surface area contributed by atoms with Crippen molar-refractivity contribution in [3.05, 3.63) is 34.9 Å². The summed E-state index contributed by atoms with van der Waals surface area (Å²) in [6, 6.07) is 3.30. The number of benzene rings is 1. The Morgan fingerprint density at radius 2 is 1.62 bits per heavy atom. The molecule has 208 valence electrons. The highest BCUT2D eigenvalue weighted by Crippen LogP contribution is 2.33. The first-order valence-corrected chi connectivity index (χ1v) is 12.9. The second kappa shape index (κ2) is 12.9. The zero-order valence-corrected chi connectivity index (χ0v) is 24.2. The zero-order valence-electron chi connectivity index (χ0n) is 24.2. The second-order valence-electron chi connectivity index (χ2n) is 11.7. The number of alkyl carbamates (subject to hydrolysis) is 1. The van der Waals surface area contributed by atoms with Crippen molar-refractivity contribution in [2.24, 2.45) is 5.73 Å². The van der Waals surface area contributed by atoms with Crippen molar-refractivity contribution < 1.29 is 23.9 Å². The number of nitrogens with one attached hydrogen (secondary N) is 2. The van der Waals surface area contributed by atoms with Crippen LogP contribution in [0.1, 0.15) is 97.4 Å². The average molecular weight is 519 g/mol. The molecule has 37 heavy (non-hydrogen) atoms. The molecule has 4 N–H and O–H groups in total. The number of ether oxygens (including phenoxy) is 1. The molecule has 9 nitrogen and oxygen atoms in total. The fourth-order valence-corrected chi connectivity index (χ4v) is 4.14. The maximum atomic E-state index is 14.1. The van der Waals surface area contributed by atoms with Crippen molar-refractivity contribution >= 4 is 23.8 Å². The SMILES string of the molecule is CCCC(C)NC(=O)C(c1cc(C)ccc1C)N(C(=O)C(CC(N)=O)NC(=O)OC(C)(C)C)C(C)(C)C. The van der Waals surface area contributed by atoms with Crippen LogP contribution in [0.25, 0.3) is 0 Å². The van der Waals surface area contributed by atoms with E-state index in [2.05, 4.69) is 10.6 Å². The first kappa shape index (κ1) is 31.9. The van der Waals surface area contributed by atoms with Gasteiger partial charge in [-0.25, -0.2) is 4.79 Å². The Bertz CT molecular complexity index is 978. The van der Waals surface area contributed by atoms with E-state index in [9.17, 15) is 19.2 Å². The molecule has 3 atom stereocenters. The molecule has 0 heterocycles. The summed E-state index contributed by atoms with van der Waals surface area (Å²) in [5.74, 6) is -1.72. The maximum absolute atomic E-state index is 14.1. The van der Waals surface area contributed by atoms with Crippen LogP contribution in [0.5, 0.6) is 0 Å². The normalized spacial score (nSPS) is 14.2. The molecule has 0 saturated heterocycles. The minimum Gasteiger partial charge on any atom is -0.444 e. The number of primary amides is 1. The van der Waals surface area contributed by atoms with Gasteiger partial charge in [-0.05, 0) is 79.9 Å². The molecular formula is C28H46N4O5. The fraction of sp³-hybridized carbons (Fsp3) is 0.643. The van der Waals surface area contributed by atoms with Crippen LogP contribution in [0.4, 0.5) is 4.79 Å². The first-order chi connectivity index (χ1) is 16.9. The number of nitrogens with zero attached hydrogens (tertiary/aromatic N) is 1. The van der Waals surface area contributed by atoms with Crippen LogP contribution in [0, 0.1) is 13.8 Å². The summed E-state index contributed by atoms with van der Waals surface area (Å²) >= 11 is 0. The molecule has 0 spiro atoms. The molecule has 0 aliphatic rings. The lowest BCUT2D eigenvalue weighted by Gasteiger charge is -2.43. The first-order valence-electron chi connectivity index (χ1n) is 12.9. The Morgan fingerprint density at radius 1 is 1.03 bits per heavy atom. The minimum absolute atomic E-state index is 0.108. The van der Waals surface area contributed by atoms with Crippen molar-refractivity contribution in [1.29, 1.82) is 0 Å². The number of hydrogen-bond donors (Lipinski definition) is 3. The molecule has 0 fully saturated rings. The summed E-state index contributed by atoms with van der Waals surface area (Å²) in [4.78, 5) is 53.9. The predicted octanol–water partition coefficient (Wildman–Crippen LogP) is 4.05. The number of aryl methyl sites for hydroxylation is 2. The molecule has 4 amide bonds. The number of carbonyl (C=O) groups is 4. The quantitative estimate of drug-likeness (QED) is 0.430. The summed E-state index contributed by atoms with van der Waals surface area (Å²) in [5, 5.41) is 5.55. The van der Waals surface area contributed by atoms with Gasteiger partial charge < -0.3 is 26.0 Å². The highest BCUT2D eigenvalue weighted by Gasteiger charge is 2.43. The molecule has 9 heteroatoms. The highest BCUT2D eigenvalue weighted by atomic mass is 16.6. The number of hydrogen-bond acceptors (Lipinski definition) is 5. The van der Waals surface area contributed by atoms with Gasteiger partial charge in [-0.1, -0.05) is 37.1 Å². The van der Waals surface area contributed by atoms with E-state index < -0.39 is 47.6 Å². The second-order valence-corrected chi connectivity index (χ2v) is 11.7. The van der Waals surface area contributed by atoms with Gasteiger partial charge in [0, 0.05) is 11.6 Å². The van der Waals surface area contributed by atoms with Gasteiger partial charge in [-0.15, -0.1) is 0 Å². The van der Waals surface area contributed by atoms with E-state index in [0.717, 1.165) is 24.0 Å². The zero-order chi connectivity index (χ0) is 28.7. The largest absolute Gasteiger partial charge is 0.444 e. The predicted molar refractivity (Wildman–Crippen MR) is 145 cm³/mol. The third-order valence-corrected chi connectivity index (χ3v) is 5.70. The molecule has 0 bridgehead atoms. The van der Waals surface area contributed by atoms with Gasteiger partial charge in [0.05, 0.1) is 6.42 Å². The van der Waals surface area contributed by atoms with Crippen molar-refractivity contribution in [1.82, 2.24) is 15.5 Å². The van der Waals surface area contributed by atoms with Gasteiger partial charge >= 0.3 is 6.09 Å². The van der Waals surface area contributed by atoms with E-state index >= 15 is 0 Å². The number of amides is 4. The molecule has 1 aromatic rings.